The molecule has 1 atom stereocenters. The van der Waals surface area contributed by atoms with Crippen LogP contribution in [-0.4, -0.2) is 56.4 Å². The van der Waals surface area contributed by atoms with Gasteiger partial charge in [0.1, 0.15) is 5.76 Å². The molecule has 0 radical (unpaired) electrons. The maximum Gasteiger partial charge on any atom is 0.331 e. The van der Waals surface area contributed by atoms with Gasteiger partial charge in [-0.25, -0.2) is 13.2 Å². The van der Waals surface area contributed by atoms with Crippen LogP contribution in [0.15, 0.2) is 28.9 Å². The van der Waals surface area contributed by atoms with E-state index < -0.39 is 28.3 Å². The van der Waals surface area contributed by atoms with Crippen LogP contribution in [0, 0.1) is 0 Å². The van der Waals surface area contributed by atoms with Gasteiger partial charge in [0.05, 0.1) is 17.8 Å². The van der Waals surface area contributed by atoms with Crippen molar-refractivity contribution in [2.75, 3.05) is 25.2 Å². The average molecular weight is 327 g/mol. The topological polar surface area (TPSA) is 93.9 Å². The van der Waals surface area contributed by atoms with E-state index in [-0.39, 0.29) is 17.5 Å². The van der Waals surface area contributed by atoms with Crippen LogP contribution in [0.4, 0.5) is 0 Å². The maximum absolute atomic E-state index is 11.9. The monoisotopic (exact) mass is 327 g/mol. The molecule has 0 unspecified atom stereocenters. The number of carbonyl (C=O) groups excluding carboxylic acids is 2. The average Bonchev–Trinajstić information content (AvgIpc) is 3.10. The molecule has 2 heterocycles. The Hall–Kier alpha value is -2.09. The molecule has 22 heavy (non-hydrogen) atoms. The molecule has 1 aliphatic rings. The molecule has 2 rings (SSSR count). The molecule has 1 amide bonds. The third-order valence-electron chi connectivity index (χ3n) is 3.41. The largest absolute Gasteiger partial charge is 0.465 e. The van der Waals surface area contributed by atoms with Crippen LogP contribution in [0.5, 0.6) is 0 Å². The highest BCUT2D eigenvalue weighted by Crippen LogP contribution is 2.16. The Balaban J connectivity index is 1.78. The van der Waals surface area contributed by atoms with Crippen molar-refractivity contribution in [2.45, 2.75) is 12.5 Å². The second kappa shape index (κ2) is 6.78. The second-order valence-electron chi connectivity index (χ2n) is 5.02. The van der Waals surface area contributed by atoms with Gasteiger partial charge in [0, 0.05) is 19.2 Å². The van der Waals surface area contributed by atoms with Crippen molar-refractivity contribution in [2.24, 2.45) is 0 Å². The molecule has 0 bridgehead atoms. The summed E-state index contributed by atoms with van der Waals surface area (Å²) >= 11 is 0. The predicted octanol–water partition coefficient (Wildman–Crippen LogP) is 0.482. The van der Waals surface area contributed by atoms with E-state index in [0.717, 1.165) is 6.08 Å². The number of esters is 1. The number of furan rings is 1. The van der Waals surface area contributed by atoms with Crippen molar-refractivity contribution in [3.8, 4) is 0 Å². The minimum absolute atomic E-state index is 0.0401. The Morgan fingerprint density at radius 1 is 1.50 bits per heavy atom. The van der Waals surface area contributed by atoms with Crippen molar-refractivity contribution in [1.82, 2.24) is 4.90 Å². The number of sulfone groups is 1. The van der Waals surface area contributed by atoms with Crippen LogP contribution in [0.1, 0.15) is 12.2 Å². The lowest BCUT2D eigenvalue weighted by Gasteiger charge is -2.22. The first-order chi connectivity index (χ1) is 10.4. The summed E-state index contributed by atoms with van der Waals surface area (Å²) < 4.78 is 32.6. The van der Waals surface area contributed by atoms with E-state index in [1.165, 1.54) is 24.3 Å². The van der Waals surface area contributed by atoms with Crippen LogP contribution in [0.25, 0.3) is 6.08 Å². The van der Waals surface area contributed by atoms with Gasteiger partial charge in [-0.1, -0.05) is 0 Å². The van der Waals surface area contributed by atoms with Crippen molar-refractivity contribution in [1.29, 1.82) is 0 Å². The number of amides is 1. The van der Waals surface area contributed by atoms with Crippen molar-refractivity contribution in [3.05, 3.63) is 30.2 Å². The molecule has 1 aromatic heterocycles. The number of likely N-dealkylation sites (N-methyl/N-ethyl adjacent to an activating group) is 1. The van der Waals surface area contributed by atoms with Gasteiger partial charge < -0.3 is 14.1 Å². The summed E-state index contributed by atoms with van der Waals surface area (Å²) in [6.07, 6.45) is 4.47. The van der Waals surface area contributed by atoms with E-state index in [1.54, 1.807) is 12.1 Å². The molecular weight excluding hydrogens is 310 g/mol. The van der Waals surface area contributed by atoms with Gasteiger partial charge in [-0.3, -0.25) is 4.79 Å². The van der Waals surface area contributed by atoms with Gasteiger partial charge in [0.15, 0.2) is 16.4 Å². The maximum atomic E-state index is 11.9. The van der Waals surface area contributed by atoms with Gasteiger partial charge in [0.25, 0.3) is 5.91 Å². The molecule has 0 aromatic carbocycles. The van der Waals surface area contributed by atoms with Crippen molar-refractivity contribution < 1.29 is 27.2 Å². The number of hydrogen-bond acceptors (Lipinski definition) is 6. The molecule has 0 aliphatic carbocycles. The lowest BCUT2D eigenvalue weighted by atomic mass is 10.2. The smallest absolute Gasteiger partial charge is 0.331 e. The Bertz CT molecular complexity index is 662. The van der Waals surface area contributed by atoms with E-state index in [9.17, 15) is 18.0 Å². The third kappa shape index (κ3) is 4.45. The minimum atomic E-state index is -3.06. The molecule has 8 heteroatoms. The molecule has 7 nitrogen and oxygen atoms in total. The zero-order chi connectivity index (χ0) is 16.2. The molecule has 0 N–H and O–H groups in total. The fraction of sp³-hybridized carbons (Fsp3) is 0.429. The Kier molecular flexibility index (Phi) is 5.02. The summed E-state index contributed by atoms with van der Waals surface area (Å²) in [4.78, 5) is 24.7. The molecule has 1 aromatic rings. The highest BCUT2D eigenvalue weighted by Gasteiger charge is 2.32. The fourth-order valence-electron chi connectivity index (χ4n) is 2.10. The number of ether oxygens (including phenoxy) is 1. The van der Waals surface area contributed by atoms with Gasteiger partial charge in [-0.2, -0.15) is 0 Å². The highest BCUT2D eigenvalue weighted by atomic mass is 32.2. The summed E-state index contributed by atoms with van der Waals surface area (Å²) in [6, 6.07) is 3.00. The third-order valence-corrected chi connectivity index (χ3v) is 5.16. The molecule has 1 fully saturated rings. The van der Waals surface area contributed by atoms with Crippen molar-refractivity contribution in [3.63, 3.8) is 0 Å². The molecule has 1 saturated heterocycles. The van der Waals surface area contributed by atoms with E-state index in [4.69, 9.17) is 9.15 Å². The standard InChI is InChI=1S/C14H17NO6S/c1-15(11-6-8-22(18,19)10-11)13(16)9-21-14(17)5-4-12-3-2-7-20-12/h2-5,7,11H,6,8-10H2,1H3/b5-4+/t11-/m1/s1. The highest BCUT2D eigenvalue weighted by molar-refractivity contribution is 7.91. The van der Waals surface area contributed by atoms with Gasteiger partial charge >= 0.3 is 5.97 Å². The Labute approximate surface area is 128 Å². The summed E-state index contributed by atoms with van der Waals surface area (Å²) in [5.41, 5.74) is 0. The Morgan fingerprint density at radius 2 is 2.27 bits per heavy atom. The van der Waals surface area contributed by atoms with Gasteiger partial charge in [-0.05, 0) is 24.6 Å². The predicted molar refractivity (Wildman–Crippen MR) is 78.5 cm³/mol. The van der Waals surface area contributed by atoms with E-state index in [1.807, 2.05) is 0 Å². The zero-order valence-corrected chi connectivity index (χ0v) is 12.9. The number of carbonyl (C=O) groups is 2. The SMILES string of the molecule is CN(C(=O)COC(=O)/C=C/c1ccco1)[C@@H]1CCS(=O)(=O)C1. The van der Waals surface area contributed by atoms with Gasteiger partial charge in [0.2, 0.25) is 0 Å². The van der Waals surface area contributed by atoms with Crippen LogP contribution in [0.2, 0.25) is 0 Å². The molecule has 0 spiro atoms. The summed E-state index contributed by atoms with van der Waals surface area (Å²) in [5, 5.41) is 0. The molecule has 0 saturated carbocycles. The van der Waals surface area contributed by atoms with E-state index in [2.05, 4.69) is 0 Å². The first-order valence-corrected chi connectivity index (χ1v) is 8.54. The quantitative estimate of drug-likeness (QED) is 0.577. The van der Waals surface area contributed by atoms with Crippen LogP contribution >= 0.6 is 0 Å². The normalized spacial score (nSPS) is 20.1. The van der Waals surface area contributed by atoms with Crippen molar-refractivity contribution >= 4 is 27.8 Å². The van der Waals surface area contributed by atoms with E-state index >= 15 is 0 Å². The number of rotatable bonds is 5. The summed E-state index contributed by atoms with van der Waals surface area (Å²) in [6.45, 7) is -0.422. The lowest BCUT2D eigenvalue weighted by molar-refractivity contribution is -0.148. The molecule has 1 aliphatic heterocycles. The van der Waals surface area contributed by atoms with Crippen LogP contribution < -0.4 is 0 Å². The first-order valence-electron chi connectivity index (χ1n) is 6.72. The van der Waals surface area contributed by atoms with Gasteiger partial charge in [-0.15, -0.1) is 0 Å². The lowest BCUT2D eigenvalue weighted by Crippen LogP contribution is -2.40. The zero-order valence-electron chi connectivity index (χ0n) is 12.1. The molecular formula is C14H17NO6S. The first kappa shape index (κ1) is 16.3. The minimum Gasteiger partial charge on any atom is -0.465 e. The Morgan fingerprint density at radius 3 is 2.86 bits per heavy atom. The fourth-order valence-corrected chi connectivity index (χ4v) is 3.88. The molecule has 120 valence electrons. The van der Waals surface area contributed by atoms with Crippen LogP contribution in [-0.2, 0) is 24.2 Å². The van der Waals surface area contributed by atoms with Crippen LogP contribution in [0.3, 0.4) is 0 Å². The van der Waals surface area contributed by atoms with E-state index in [0.29, 0.717) is 12.2 Å². The summed E-state index contributed by atoms with van der Waals surface area (Å²) in [7, 11) is -1.55. The number of nitrogens with zero attached hydrogens (tertiary/aromatic N) is 1. The number of hydrogen-bond donors (Lipinski definition) is 0. The second-order valence-corrected chi connectivity index (χ2v) is 7.25. The summed E-state index contributed by atoms with van der Waals surface area (Å²) in [5.74, 6) is -0.557.